The summed E-state index contributed by atoms with van der Waals surface area (Å²) in [6.07, 6.45) is 0.277. The monoisotopic (exact) mass is 221 g/mol. The number of carboxylic acid groups (broad SMARTS) is 1. The molecule has 5 heteroatoms. The molecule has 0 heterocycles. The van der Waals surface area contributed by atoms with Crippen molar-refractivity contribution in [3.63, 3.8) is 0 Å². The van der Waals surface area contributed by atoms with E-state index < -0.39 is 22.0 Å². The lowest BCUT2D eigenvalue weighted by molar-refractivity contribution is -0.136. The molecule has 84 valence electrons. The summed E-state index contributed by atoms with van der Waals surface area (Å²) >= 11 is 0. The van der Waals surface area contributed by atoms with E-state index in [1.165, 1.54) is 0 Å². The molecule has 0 fully saturated rings. The van der Waals surface area contributed by atoms with Crippen molar-refractivity contribution in [2.75, 3.05) is 6.54 Å². The number of aliphatic carboxylic acids is 1. The topological polar surface area (TPSA) is 80.4 Å². The van der Waals surface area contributed by atoms with Gasteiger partial charge in [-0.15, -0.1) is 0 Å². The van der Waals surface area contributed by atoms with E-state index in [4.69, 9.17) is 10.8 Å². The van der Waals surface area contributed by atoms with Crippen LogP contribution in [0.25, 0.3) is 0 Å². The lowest BCUT2D eigenvalue weighted by atomic mass is 10.2. The van der Waals surface area contributed by atoms with Gasteiger partial charge in [0, 0.05) is 16.0 Å². The quantitative estimate of drug-likeness (QED) is 0.687. The van der Waals surface area contributed by atoms with Gasteiger partial charge in [-0.05, 0) is 18.9 Å². The molecule has 3 atom stereocenters. The fraction of sp³-hybridized carbons (Fsp3) is 0.889. The highest BCUT2D eigenvalue weighted by Crippen LogP contribution is 2.14. The largest absolute Gasteiger partial charge is 0.480 e. The summed E-state index contributed by atoms with van der Waals surface area (Å²) < 4.78 is 11.8. The third-order valence-electron chi connectivity index (χ3n) is 2.29. The van der Waals surface area contributed by atoms with Crippen molar-refractivity contribution in [1.29, 1.82) is 0 Å². The van der Waals surface area contributed by atoms with Gasteiger partial charge in [-0.1, -0.05) is 20.8 Å². The fourth-order valence-corrected chi connectivity index (χ4v) is 2.64. The Morgan fingerprint density at radius 1 is 1.43 bits per heavy atom. The van der Waals surface area contributed by atoms with E-state index >= 15 is 0 Å². The lowest BCUT2D eigenvalue weighted by Gasteiger charge is -2.19. The smallest absolute Gasteiger partial charge is 0.319 e. The molecular weight excluding hydrogens is 202 g/mol. The molecule has 0 rings (SSSR count). The highest BCUT2D eigenvalue weighted by molar-refractivity contribution is 7.87. The fourth-order valence-electron chi connectivity index (χ4n) is 1.02. The third kappa shape index (κ3) is 3.75. The number of nitrogens with two attached hydrogens (primary N) is 1. The summed E-state index contributed by atoms with van der Waals surface area (Å²) in [5, 5.41) is 7.93. The second-order valence-corrected chi connectivity index (χ2v) is 5.65. The SMILES string of the molecule is CC(C)C(C)S(=O)C(CCN)C(=O)O. The zero-order valence-corrected chi connectivity index (χ0v) is 9.71. The zero-order chi connectivity index (χ0) is 11.3. The van der Waals surface area contributed by atoms with Gasteiger partial charge in [-0.2, -0.15) is 0 Å². The molecular formula is C9H19NO3S. The Bertz CT molecular complexity index is 218. The molecule has 0 spiro atoms. The van der Waals surface area contributed by atoms with E-state index in [-0.39, 0.29) is 24.1 Å². The van der Waals surface area contributed by atoms with E-state index in [1.807, 2.05) is 20.8 Å². The molecule has 0 saturated heterocycles. The Morgan fingerprint density at radius 3 is 2.21 bits per heavy atom. The second-order valence-electron chi connectivity index (χ2n) is 3.68. The Kier molecular flexibility index (Phi) is 5.95. The first-order valence-corrected chi connectivity index (χ1v) is 6.01. The maximum atomic E-state index is 11.8. The van der Waals surface area contributed by atoms with E-state index in [0.717, 1.165) is 0 Å². The number of carbonyl (C=O) groups is 1. The van der Waals surface area contributed by atoms with Crippen LogP contribution in [0, 0.1) is 5.92 Å². The van der Waals surface area contributed by atoms with E-state index in [0.29, 0.717) is 0 Å². The number of hydrogen-bond acceptors (Lipinski definition) is 3. The van der Waals surface area contributed by atoms with Gasteiger partial charge in [0.15, 0.2) is 0 Å². The van der Waals surface area contributed by atoms with Gasteiger partial charge in [-0.25, -0.2) is 0 Å². The molecule has 14 heavy (non-hydrogen) atoms. The van der Waals surface area contributed by atoms with Crippen LogP contribution in [0.3, 0.4) is 0 Å². The van der Waals surface area contributed by atoms with Crippen LogP contribution in [0.5, 0.6) is 0 Å². The van der Waals surface area contributed by atoms with Crippen molar-refractivity contribution in [3.8, 4) is 0 Å². The summed E-state index contributed by atoms with van der Waals surface area (Å²) in [6, 6.07) is 0. The Labute approximate surface area is 87.3 Å². The lowest BCUT2D eigenvalue weighted by Crippen LogP contribution is -2.35. The molecule has 0 aliphatic carbocycles. The third-order valence-corrected chi connectivity index (χ3v) is 4.57. The summed E-state index contributed by atoms with van der Waals surface area (Å²) in [5.41, 5.74) is 5.28. The van der Waals surface area contributed by atoms with Crippen LogP contribution in [0.1, 0.15) is 27.2 Å². The number of carboxylic acids is 1. The van der Waals surface area contributed by atoms with Crippen molar-refractivity contribution in [3.05, 3.63) is 0 Å². The molecule has 0 saturated carbocycles. The Hall–Kier alpha value is -0.420. The molecule has 0 bridgehead atoms. The molecule has 0 aliphatic heterocycles. The predicted octanol–water partition coefficient (Wildman–Crippen LogP) is 0.582. The van der Waals surface area contributed by atoms with Crippen LogP contribution in [0.2, 0.25) is 0 Å². The van der Waals surface area contributed by atoms with Crippen molar-refractivity contribution in [2.24, 2.45) is 11.7 Å². The summed E-state index contributed by atoms with van der Waals surface area (Å²) in [7, 11) is -1.34. The van der Waals surface area contributed by atoms with Gasteiger partial charge >= 0.3 is 5.97 Å². The molecule has 0 amide bonds. The van der Waals surface area contributed by atoms with Gasteiger partial charge in [0.1, 0.15) is 5.25 Å². The van der Waals surface area contributed by atoms with Gasteiger partial charge < -0.3 is 10.8 Å². The minimum atomic E-state index is -1.34. The van der Waals surface area contributed by atoms with E-state index in [2.05, 4.69) is 0 Å². The van der Waals surface area contributed by atoms with Crippen molar-refractivity contribution >= 4 is 16.8 Å². The molecule has 0 aliphatic rings. The van der Waals surface area contributed by atoms with Crippen LogP contribution in [0.4, 0.5) is 0 Å². The maximum absolute atomic E-state index is 11.8. The second kappa shape index (κ2) is 6.14. The molecule has 4 nitrogen and oxygen atoms in total. The van der Waals surface area contributed by atoms with Crippen LogP contribution < -0.4 is 5.73 Å². The van der Waals surface area contributed by atoms with Gasteiger partial charge in [-0.3, -0.25) is 9.00 Å². The van der Waals surface area contributed by atoms with Crippen LogP contribution in [-0.4, -0.2) is 32.3 Å². The summed E-state index contributed by atoms with van der Waals surface area (Å²) in [5.74, 6) is -0.795. The van der Waals surface area contributed by atoms with Gasteiger partial charge in [0.2, 0.25) is 0 Å². The first-order valence-electron chi connectivity index (χ1n) is 4.74. The molecule has 0 aromatic carbocycles. The van der Waals surface area contributed by atoms with Crippen LogP contribution in [-0.2, 0) is 15.6 Å². The molecule has 0 aromatic heterocycles. The first-order chi connectivity index (χ1) is 6.41. The van der Waals surface area contributed by atoms with Crippen molar-refractivity contribution < 1.29 is 14.1 Å². The predicted molar refractivity (Wildman–Crippen MR) is 57.5 cm³/mol. The van der Waals surface area contributed by atoms with E-state index in [1.54, 1.807) is 0 Å². The average Bonchev–Trinajstić information content (AvgIpc) is 2.11. The normalized spacial score (nSPS) is 17.8. The maximum Gasteiger partial charge on any atom is 0.319 e. The Balaban J connectivity index is 4.51. The minimum Gasteiger partial charge on any atom is -0.480 e. The zero-order valence-electron chi connectivity index (χ0n) is 8.90. The minimum absolute atomic E-state index is 0.109. The number of hydrogen-bond donors (Lipinski definition) is 2. The van der Waals surface area contributed by atoms with Crippen LogP contribution in [0.15, 0.2) is 0 Å². The van der Waals surface area contributed by atoms with Crippen molar-refractivity contribution in [2.45, 2.75) is 37.7 Å². The van der Waals surface area contributed by atoms with Crippen LogP contribution >= 0.6 is 0 Å². The van der Waals surface area contributed by atoms with Gasteiger partial charge in [0.05, 0.1) is 0 Å². The molecule has 3 N–H and O–H groups in total. The average molecular weight is 221 g/mol. The Morgan fingerprint density at radius 2 is 1.93 bits per heavy atom. The molecule has 0 radical (unpaired) electrons. The molecule has 0 aromatic rings. The highest BCUT2D eigenvalue weighted by Gasteiger charge is 2.29. The summed E-state index contributed by atoms with van der Waals surface area (Å²) in [6.45, 7) is 5.94. The standard InChI is InChI=1S/C9H19NO3S/c1-6(2)7(3)14(13)8(4-5-10)9(11)12/h6-8H,4-5,10H2,1-3H3,(H,11,12). The number of rotatable bonds is 6. The summed E-state index contributed by atoms with van der Waals surface area (Å²) in [4.78, 5) is 10.8. The van der Waals surface area contributed by atoms with Crippen molar-refractivity contribution in [1.82, 2.24) is 0 Å². The van der Waals surface area contributed by atoms with E-state index in [9.17, 15) is 9.00 Å². The molecule has 3 unspecified atom stereocenters. The first kappa shape index (κ1) is 13.6. The van der Waals surface area contributed by atoms with Gasteiger partial charge in [0.25, 0.3) is 0 Å². The highest BCUT2D eigenvalue weighted by atomic mass is 32.2.